The second kappa shape index (κ2) is 6.13. The average Bonchev–Trinajstić information content (AvgIpc) is 2.74. The monoisotopic (exact) mass is 326 g/mol. The summed E-state index contributed by atoms with van der Waals surface area (Å²) in [6, 6.07) is 3.74. The van der Waals surface area contributed by atoms with Gasteiger partial charge in [-0.2, -0.15) is 4.72 Å². The fraction of sp³-hybridized carbons (Fsp3) is 0.500. The van der Waals surface area contributed by atoms with Crippen LogP contribution in [-0.2, 0) is 14.8 Å². The summed E-state index contributed by atoms with van der Waals surface area (Å²) in [6.07, 6.45) is 1.99. The molecule has 1 aromatic rings. The van der Waals surface area contributed by atoms with Crippen LogP contribution < -0.4 is 19.5 Å². The molecule has 22 heavy (non-hydrogen) atoms. The molecule has 1 amide bonds. The van der Waals surface area contributed by atoms with Crippen LogP contribution in [0.15, 0.2) is 23.1 Å². The highest BCUT2D eigenvalue weighted by atomic mass is 32.2. The van der Waals surface area contributed by atoms with Gasteiger partial charge in [-0.25, -0.2) is 8.42 Å². The first-order valence-corrected chi connectivity index (χ1v) is 8.74. The number of nitrogens with one attached hydrogen (secondary N) is 2. The Morgan fingerprint density at radius 1 is 1.14 bits per heavy atom. The van der Waals surface area contributed by atoms with Crippen molar-refractivity contribution >= 4 is 15.9 Å². The second-order valence-electron chi connectivity index (χ2n) is 5.27. The molecule has 3 rings (SSSR count). The summed E-state index contributed by atoms with van der Waals surface area (Å²) in [6.45, 7) is 1.61. The van der Waals surface area contributed by atoms with Crippen LogP contribution in [0.1, 0.15) is 19.3 Å². The van der Waals surface area contributed by atoms with Crippen molar-refractivity contribution in [3.63, 3.8) is 0 Å². The molecule has 2 aliphatic heterocycles. The first kappa shape index (κ1) is 15.1. The molecule has 2 heterocycles. The number of hydrogen-bond donors (Lipinski definition) is 2. The van der Waals surface area contributed by atoms with Crippen LogP contribution in [0.4, 0.5) is 0 Å². The van der Waals surface area contributed by atoms with E-state index in [1.54, 1.807) is 6.07 Å². The van der Waals surface area contributed by atoms with Gasteiger partial charge in [0, 0.05) is 19.0 Å². The number of sulfonamides is 1. The molecule has 8 heteroatoms. The molecular formula is C14H18N2O5S. The zero-order valence-corrected chi connectivity index (χ0v) is 12.8. The summed E-state index contributed by atoms with van der Waals surface area (Å²) >= 11 is 0. The van der Waals surface area contributed by atoms with E-state index in [9.17, 15) is 13.2 Å². The predicted octanol–water partition coefficient (Wildman–Crippen LogP) is 0.405. The van der Waals surface area contributed by atoms with E-state index < -0.39 is 16.1 Å². The molecule has 7 nitrogen and oxygen atoms in total. The molecule has 1 aromatic carbocycles. The van der Waals surface area contributed by atoms with Crippen LogP contribution in [0.25, 0.3) is 0 Å². The number of piperidine rings is 1. The molecule has 120 valence electrons. The molecule has 0 aromatic heterocycles. The van der Waals surface area contributed by atoms with E-state index in [0.717, 1.165) is 12.8 Å². The lowest BCUT2D eigenvalue weighted by atomic mass is 10.1. The average molecular weight is 326 g/mol. The minimum Gasteiger partial charge on any atom is -0.490 e. The highest BCUT2D eigenvalue weighted by molar-refractivity contribution is 7.89. The number of carbonyl (C=O) groups excluding carboxylic acids is 1. The normalized spacial score (nSPS) is 21.8. The Labute approximate surface area is 129 Å². The Balaban J connectivity index is 1.82. The fourth-order valence-electron chi connectivity index (χ4n) is 2.45. The zero-order chi connectivity index (χ0) is 15.6. The highest BCUT2D eigenvalue weighted by Crippen LogP contribution is 2.32. The summed E-state index contributed by atoms with van der Waals surface area (Å²) in [4.78, 5) is 11.8. The number of ether oxygens (including phenoxy) is 2. The summed E-state index contributed by atoms with van der Waals surface area (Å²) in [5, 5.41) is 2.65. The van der Waals surface area contributed by atoms with Gasteiger partial charge in [0.05, 0.1) is 18.1 Å². The van der Waals surface area contributed by atoms with Crippen molar-refractivity contribution in [3.05, 3.63) is 18.2 Å². The van der Waals surface area contributed by atoms with Crippen molar-refractivity contribution < 1.29 is 22.7 Å². The minimum atomic E-state index is -3.78. The van der Waals surface area contributed by atoms with Gasteiger partial charge in [0.2, 0.25) is 15.9 Å². The number of benzene rings is 1. The SMILES string of the molecule is O=C1NCCC[C@H]1NS(=O)(=O)c1ccc2c(c1)OCCCO2. The van der Waals surface area contributed by atoms with Gasteiger partial charge in [-0.3, -0.25) is 4.79 Å². The van der Waals surface area contributed by atoms with Crippen LogP contribution >= 0.6 is 0 Å². The maximum atomic E-state index is 12.4. The van der Waals surface area contributed by atoms with Crippen molar-refractivity contribution in [1.29, 1.82) is 0 Å². The van der Waals surface area contributed by atoms with Gasteiger partial charge in [-0.05, 0) is 25.0 Å². The maximum absolute atomic E-state index is 12.4. The molecule has 1 saturated heterocycles. The molecule has 1 fully saturated rings. The molecule has 2 aliphatic rings. The minimum absolute atomic E-state index is 0.0649. The van der Waals surface area contributed by atoms with Crippen molar-refractivity contribution in [1.82, 2.24) is 10.0 Å². The zero-order valence-electron chi connectivity index (χ0n) is 12.0. The molecular weight excluding hydrogens is 308 g/mol. The van der Waals surface area contributed by atoms with E-state index in [2.05, 4.69) is 10.0 Å². The predicted molar refractivity (Wildman–Crippen MR) is 78.4 cm³/mol. The lowest BCUT2D eigenvalue weighted by Gasteiger charge is -2.22. The third-order valence-electron chi connectivity index (χ3n) is 3.61. The van der Waals surface area contributed by atoms with Crippen molar-refractivity contribution in [2.45, 2.75) is 30.2 Å². The molecule has 0 saturated carbocycles. The smallest absolute Gasteiger partial charge is 0.241 e. The second-order valence-corrected chi connectivity index (χ2v) is 6.98. The molecule has 0 spiro atoms. The van der Waals surface area contributed by atoms with Crippen molar-refractivity contribution in [3.8, 4) is 11.5 Å². The lowest BCUT2D eigenvalue weighted by molar-refractivity contribution is -0.124. The quantitative estimate of drug-likeness (QED) is 0.839. The van der Waals surface area contributed by atoms with Gasteiger partial charge in [-0.1, -0.05) is 0 Å². The lowest BCUT2D eigenvalue weighted by Crippen LogP contribution is -2.50. The maximum Gasteiger partial charge on any atom is 0.241 e. The van der Waals surface area contributed by atoms with E-state index in [-0.39, 0.29) is 10.8 Å². The van der Waals surface area contributed by atoms with Gasteiger partial charge >= 0.3 is 0 Å². The van der Waals surface area contributed by atoms with Crippen molar-refractivity contribution in [2.24, 2.45) is 0 Å². The van der Waals surface area contributed by atoms with Crippen LogP contribution in [0.5, 0.6) is 11.5 Å². The van der Waals surface area contributed by atoms with Gasteiger partial charge in [-0.15, -0.1) is 0 Å². The highest BCUT2D eigenvalue weighted by Gasteiger charge is 2.28. The summed E-state index contributed by atoms with van der Waals surface area (Å²) < 4.78 is 38.3. The van der Waals surface area contributed by atoms with Crippen LogP contribution in [0, 0.1) is 0 Å². The Hall–Kier alpha value is -1.80. The standard InChI is InChI=1S/C14H18N2O5S/c17-14-11(3-1-6-15-14)16-22(18,19)10-4-5-12-13(9-10)21-8-2-7-20-12/h4-5,9,11,16H,1-3,6-8H2,(H,15,17)/t11-/m1/s1. The van der Waals surface area contributed by atoms with Gasteiger partial charge in [0.1, 0.15) is 6.04 Å². The largest absolute Gasteiger partial charge is 0.490 e. The van der Waals surface area contributed by atoms with Crippen LogP contribution in [0.2, 0.25) is 0 Å². The molecule has 0 bridgehead atoms. The van der Waals surface area contributed by atoms with Gasteiger partial charge in [0.15, 0.2) is 11.5 Å². The summed E-state index contributed by atoms with van der Waals surface area (Å²) in [5.41, 5.74) is 0. The fourth-order valence-corrected chi connectivity index (χ4v) is 3.70. The third-order valence-corrected chi connectivity index (χ3v) is 5.08. The number of carbonyl (C=O) groups is 1. The molecule has 1 atom stereocenters. The van der Waals surface area contributed by atoms with E-state index in [4.69, 9.17) is 9.47 Å². The Morgan fingerprint density at radius 3 is 2.68 bits per heavy atom. The number of fused-ring (bicyclic) bond motifs is 1. The first-order chi connectivity index (χ1) is 10.6. The molecule has 2 N–H and O–H groups in total. The number of hydrogen-bond acceptors (Lipinski definition) is 5. The topological polar surface area (TPSA) is 93.7 Å². The Kier molecular flexibility index (Phi) is 4.21. The molecule has 0 radical (unpaired) electrons. The van der Waals surface area contributed by atoms with Crippen molar-refractivity contribution in [2.75, 3.05) is 19.8 Å². The van der Waals surface area contributed by atoms with Crippen LogP contribution in [-0.4, -0.2) is 40.1 Å². The Morgan fingerprint density at radius 2 is 1.91 bits per heavy atom. The third kappa shape index (κ3) is 3.17. The summed E-state index contributed by atoms with van der Waals surface area (Å²) in [5.74, 6) is 0.657. The van der Waals surface area contributed by atoms with E-state index in [0.29, 0.717) is 37.7 Å². The van der Waals surface area contributed by atoms with Crippen LogP contribution in [0.3, 0.4) is 0 Å². The van der Waals surface area contributed by atoms with E-state index >= 15 is 0 Å². The molecule has 0 unspecified atom stereocenters. The Bertz CT molecular complexity index is 674. The van der Waals surface area contributed by atoms with E-state index in [1.807, 2.05) is 0 Å². The summed E-state index contributed by atoms with van der Waals surface area (Å²) in [7, 11) is -3.78. The van der Waals surface area contributed by atoms with Gasteiger partial charge < -0.3 is 14.8 Å². The van der Waals surface area contributed by atoms with Gasteiger partial charge in [0.25, 0.3) is 0 Å². The van der Waals surface area contributed by atoms with E-state index in [1.165, 1.54) is 12.1 Å². The first-order valence-electron chi connectivity index (χ1n) is 7.26. The molecule has 0 aliphatic carbocycles. The number of rotatable bonds is 3. The number of amides is 1.